The Bertz CT molecular complexity index is 669. The van der Waals surface area contributed by atoms with Crippen molar-refractivity contribution in [3.05, 3.63) is 60.8 Å². The van der Waals surface area contributed by atoms with E-state index in [1.165, 1.54) is 30.3 Å². The first-order valence-corrected chi connectivity index (χ1v) is 6.06. The van der Waals surface area contributed by atoms with Crippen LogP contribution in [0.1, 0.15) is 5.76 Å². The summed E-state index contributed by atoms with van der Waals surface area (Å²) in [6, 6.07) is 6.68. The van der Waals surface area contributed by atoms with Crippen LogP contribution in [0.2, 0.25) is 0 Å². The Morgan fingerprint density at radius 1 is 1.15 bits per heavy atom. The van der Waals surface area contributed by atoms with Crippen LogP contribution in [0.15, 0.2) is 39.2 Å². The lowest BCUT2D eigenvalue weighted by molar-refractivity contribution is -0.402. The van der Waals surface area contributed by atoms with Gasteiger partial charge in [-0.15, -0.1) is 0 Å². The lowest BCUT2D eigenvalue weighted by atomic mass is 10.3. The summed E-state index contributed by atoms with van der Waals surface area (Å²) in [6.45, 7) is -0.0758. The van der Waals surface area contributed by atoms with Gasteiger partial charge in [-0.3, -0.25) is 20.2 Å². The fraction of sp³-hybridized carbons (Fsp3) is 0.0909. The number of ether oxygens (including phenoxy) is 1. The normalized spacial score (nSPS) is 10.2. The predicted molar refractivity (Wildman–Crippen MR) is 70.5 cm³/mol. The van der Waals surface area contributed by atoms with Crippen LogP contribution in [-0.4, -0.2) is 9.85 Å². The van der Waals surface area contributed by atoms with E-state index in [4.69, 9.17) is 9.15 Å². The number of rotatable bonds is 5. The van der Waals surface area contributed by atoms with Crippen molar-refractivity contribution < 1.29 is 19.0 Å². The van der Waals surface area contributed by atoms with Crippen LogP contribution < -0.4 is 4.74 Å². The highest BCUT2D eigenvalue weighted by Gasteiger charge is 2.14. The molecular formula is C11H7BrN2O6. The SMILES string of the molecule is O=[N+]([O-])c1ccc(Br)c(OCc2ccc([N+](=O)[O-])o2)c1. The van der Waals surface area contributed by atoms with Crippen LogP contribution in [0, 0.1) is 20.2 Å². The molecule has 0 fully saturated rings. The zero-order valence-corrected chi connectivity index (χ0v) is 11.4. The van der Waals surface area contributed by atoms with E-state index in [0.29, 0.717) is 4.47 Å². The maximum Gasteiger partial charge on any atom is 0.433 e. The Kier molecular flexibility index (Phi) is 3.99. The number of benzene rings is 1. The molecule has 0 aliphatic carbocycles. The molecule has 0 bridgehead atoms. The van der Waals surface area contributed by atoms with Crippen LogP contribution in [0.5, 0.6) is 5.75 Å². The van der Waals surface area contributed by atoms with Crippen molar-refractivity contribution in [1.82, 2.24) is 0 Å². The van der Waals surface area contributed by atoms with E-state index in [0.717, 1.165) is 0 Å². The molecule has 0 aliphatic heterocycles. The van der Waals surface area contributed by atoms with Crippen LogP contribution in [-0.2, 0) is 6.61 Å². The number of hydrogen-bond donors (Lipinski definition) is 0. The summed E-state index contributed by atoms with van der Waals surface area (Å²) in [5, 5.41) is 21.1. The van der Waals surface area contributed by atoms with Crippen molar-refractivity contribution in [1.29, 1.82) is 0 Å². The summed E-state index contributed by atoms with van der Waals surface area (Å²) in [5.41, 5.74) is -0.117. The van der Waals surface area contributed by atoms with E-state index in [2.05, 4.69) is 15.9 Å². The van der Waals surface area contributed by atoms with Crippen LogP contribution in [0.3, 0.4) is 0 Å². The number of halogens is 1. The molecule has 1 aromatic carbocycles. The molecule has 0 saturated heterocycles. The molecule has 0 amide bonds. The highest BCUT2D eigenvalue weighted by atomic mass is 79.9. The van der Waals surface area contributed by atoms with Gasteiger partial charge in [0.25, 0.3) is 5.69 Å². The van der Waals surface area contributed by atoms with Crippen LogP contribution in [0.25, 0.3) is 0 Å². The zero-order valence-electron chi connectivity index (χ0n) is 9.82. The van der Waals surface area contributed by atoms with Gasteiger partial charge in [0.05, 0.1) is 21.5 Å². The first kappa shape index (κ1) is 14.0. The summed E-state index contributed by atoms with van der Waals surface area (Å²) in [7, 11) is 0. The minimum absolute atomic E-state index is 0.0758. The van der Waals surface area contributed by atoms with E-state index in [1.807, 2.05) is 0 Å². The van der Waals surface area contributed by atoms with E-state index < -0.39 is 9.85 Å². The summed E-state index contributed by atoms with van der Waals surface area (Å²) in [6.07, 6.45) is 0. The average Bonchev–Trinajstić information content (AvgIpc) is 2.86. The van der Waals surface area contributed by atoms with Gasteiger partial charge in [0.1, 0.15) is 23.0 Å². The molecule has 0 aliphatic rings. The number of hydrogen-bond acceptors (Lipinski definition) is 6. The van der Waals surface area contributed by atoms with Crippen LogP contribution in [0.4, 0.5) is 11.6 Å². The van der Waals surface area contributed by atoms with Gasteiger partial charge < -0.3 is 9.15 Å². The van der Waals surface area contributed by atoms with Gasteiger partial charge in [-0.2, -0.15) is 0 Å². The number of non-ortho nitro benzene ring substituents is 1. The van der Waals surface area contributed by atoms with Crippen LogP contribution >= 0.6 is 15.9 Å². The molecule has 1 heterocycles. The highest BCUT2D eigenvalue weighted by molar-refractivity contribution is 9.10. The van der Waals surface area contributed by atoms with E-state index in [-0.39, 0.29) is 29.7 Å². The van der Waals surface area contributed by atoms with E-state index >= 15 is 0 Å². The third kappa shape index (κ3) is 3.12. The summed E-state index contributed by atoms with van der Waals surface area (Å²) < 4.78 is 10.8. The Morgan fingerprint density at radius 3 is 2.50 bits per heavy atom. The Balaban J connectivity index is 2.11. The van der Waals surface area contributed by atoms with Gasteiger partial charge in [-0.25, -0.2) is 0 Å². The standard InChI is InChI=1S/C11H7BrN2O6/c12-9-3-1-7(13(15)16)5-10(9)19-6-8-2-4-11(20-8)14(17)18/h1-5H,6H2. The molecule has 0 saturated carbocycles. The lowest BCUT2D eigenvalue weighted by Crippen LogP contribution is -1.96. The quantitative estimate of drug-likeness (QED) is 0.608. The molecule has 0 atom stereocenters. The largest absolute Gasteiger partial charge is 0.484 e. The summed E-state index contributed by atoms with van der Waals surface area (Å²) in [5.74, 6) is 0.107. The highest BCUT2D eigenvalue weighted by Crippen LogP contribution is 2.30. The number of nitro benzene ring substituents is 1. The third-order valence-electron chi connectivity index (χ3n) is 2.32. The summed E-state index contributed by atoms with van der Waals surface area (Å²) in [4.78, 5) is 19.9. The number of nitro groups is 2. The molecule has 9 heteroatoms. The molecule has 8 nitrogen and oxygen atoms in total. The Hall–Kier alpha value is -2.42. The maximum absolute atomic E-state index is 10.7. The van der Waals surface area contributed by atoms with E-state index in [9.17, 15) is 20.2 Å². The molecule has 1 aromatic heterocycles. The second-order valence-corrected chi connectivity index (χ2v) is 4.51. The van der Waals surface area contributed by atoms with Crippen molar-refractivity contribution >= 4 is 27.5 Å². The van der Waals surface area contributed by atoms with E-state index in [1.54, 1.807) is 0 Å². The molecule has 2 aromatic rings. The molecule has 0 N–H and O–H groups in total. The molecule has 20 heavy (non-hydrogen) atoms. The van der Waals surface area contributed by atoms with Gasteiger partial charge in [0.2, 0.25) is 0 Å². The fourth-order valence-corrected chi connectivity index (χ4v) is 1.77. The van der Waals surface area contributed by atoms with Crippen molar-refractivity contribution in [3.63, 3.8) is 0 Å². The van der Waals surface area contributed by atoms with Gasteiger partial charge in [-0.1, -0.05) is 0 Å². The molecule has 2 rings (SSSR count). The minimum Gasteiger partial charge on any atom is -0.484 e. The fourth-order valence-electron chi connectivity index (χ4n) is 1.41. The average molecular weight is 343 g/mol. The maximum atomic E-state index is 10.7. The molecule has 0 radical (unpaired) electrons. The van der Waals surface area contributed by atoms with Gasteiger partial charge in [0.15, 0.2) is 0 Å². The summed E-state index contributed by atoms with van der Waals surface area (Å²) >= 11 is 3.20. The first-order valence-electron chi connectivity index (χ1n) is 5.27. The third-order valence-corrected chi connectivity index (χ3v) is 2.98. The molecule has 0 spiro atoms. The monoisotopic (exact) mass is 342 g/mol. The molecule has 0 unspecified atom stereocenters. The van der Waals surface area contributed by atoms with Crippen molar-refractivity contribution in [3.8, 4) is 5.75 Å². The van der Waals surface area contributed by atoms with Gasteiger partial charge in [-0.05, 0) is 28.1 Å². The smallest absolute Gasteiger partial charge is 0.433 e. The second kappa shape index (κ2) is 5.70. The topological polar surface area (TPSA) is 109 Å². The second-order valence-electron chi connectivity index (χ2n) is 3.66. The minimum atomic E-state index is -0.660. The predicted octanol–water partition coefficient (Wildman–Crippen LogP) is 3.44. The lowest BCUT2D eigenvalue weighted by Gasteiger charge is -2.05. The van der Waals surface area contributed by atoms with Crippen molar-refractivity contribution in [2.75, 3.05) is 0 Å². The van der Waals surface area contributed by atoms with Gasteiger partial charge in [0, 0.05) is 6.07 Å². The zero-order chi connectivity index (χ0) is 14.7. The van der Waals surface area contributed by atoms with Crippen molar-refractivity contribution in [2.45, 2.75) is 6.61 Å². The molecule has 104 valence electrons. The Labute approximate surface area is 120 Å². The van der Waals surface area contributed by atoms with Crippen molar-refractivity contribution in [2.24, 2.45) is 0 Å². The Morgan fingerprint density at radius 2 is 1.90 bits per heavy atom. The number of furan rings is 1. The van der Waals surface area contributed by atoms with Gasteiger partial charge >= 0.3 is 5.88 Å². The first-order chi connectivity index (χ1) is 9.47. The molecular weight excluding hydrogens is 336 g/mol. The number of nitrogens with zero attached hydrogens (tertiary/aromatic N) is 2.